The number of carbonyl (C=O) groups is 2. The average molecular weight is 279 g/mol. The SMILES string of the molecule is CCN(CC(=O)N(C)C)C(=O)c1n[nH]c(C2CC2)c1N. The van der Waals surface area contributed by atoms with E-state index in [0.29, 0.717) is 18.2 Å². The predicted molar refractivity (Wildman–Crippen MR) is 75.2 cm³/mol. The molecule has 3 N–H and O–H groups in total. The van der Waals surface area contributed by atoms with Gasteiger partial charge < -0.3 is 15.5 Å². The fraction of sp³-hybridized carbons (Fsp3) is 0.615. The summed E-state index contributed by atoms with van der Waals surface area (Å²) < 4.78 is 0. The van der Waals surface area contributed by atoms with Crippen molar-refractivity contribution in [1.29, 1.82) is 0 Å². The molecule has 0 saturated heterocycles. The zero-order chi connectivity index (χ0) is 14.9. The lowest BCUT2D eigenvalue weighted by Crippen LogP contribution is -2.40. The van der Waals surface area contributed by atoms with E-state index in [2.05, 4.69) is 10.2 Å². The van der Waals surface area contributed by atoms with Gasteiger partial charge in [-0.3, -0.25) is 14.7 Å². The fourth-order valence-corrected chi connectivity index (χ4v) is 1.99. The molecule has 2 rings (SSSR count). The van der Waals surface area contributed by atoms with Crippen LogP contribution in [0.25, 0.3) is 0 Å². The van der Waals surface area contributed by atoms with Crippen LogP contribution in [0.1, 0.15) is 41.9 Å². The van der Waals surface area contributed by atoms with Gasteiger partial charge >= 0.3 is 0 Å². The van der Waals surface area contributed by atoms with Crippen LogP contribution in [-0.2, 0) is 4.79 Å². The Kier molecular flexibility index (Phi) is 3.96. The maximum atomic E-state index is 12.4. The summed E-state index contributed by atoms with van der Waals surface area (Å²) in [6.45, 7) is 2.29. The summed E-state index contributed by atoms with van der Waals surface area (Å²) >= 11 is 0. The van der Waals surface area contributed by atoms with Crippen LogP contribution in [-0.4, -0.2) is 59.0 Å². The molecule has 0 bridgehead atoms. The summed E-state index contributed by atoms with van der Waals surface area (Å²) in [7, 11) is 3.32. The molecule has 7 nitrogen and oxygen atoms in total. The van der Waals surface area contributed by atoms with Gasteiger partial charge in [0.2, 0.25) is 5.91 Å². The maximum Gasteiger partial charge on any atom is 0.276 e. The second-order valence-electron chi connectivity index (χ2n) is 5.28. The van der Waals surface area contributed by atoms with Gasteiger partial charge in [0, 0.05) is 26.6 Å². The van der Waals surface area contributed by atoms with Gasteiger partial charge in [0.15, 0.2) is 5.69 Å². The van der Waals surface area contributed by atoms with Crippen molar-refractivity contribution < 1.29 is 9.59 Å². The van der Waals surface area contributed by atoms with Crippen molar-refractivity contribution in [2.75, 3.05) is 32.9 Å². The Morgan fingerprint density at radius 1 is 1.40 bits per heavy atom. The van der Waals surface area contributed by atoms with Crippen LogP contribution in [0.2, 0.25) is 0 Å². The van der Waals surface area contributed by atoms with Gasteiger partial charge in [0.25, 0.3) is 5.91 Å². The van der Waals surface area contributed by atoms with E-state index in [1.54, 1.807) is 14.1 Å². The molecule has 1 aliphatic rings. The highest BCUT2D eigenvalue weighted by atomic mass is 16.2. The quantitative estimate of drug-likeness (QED) is 0.816. The lowest BCUT2D eigenvalue weighted by atomic mass is 10.2. The smallest absolute Gasteiger partial charge is 0.276 e. The number of H-pyrrole nitrogens is 1. The number of nitrogens with zero attached hydrogens (tertiary/aromatic N) is 3. The highest BCUT2D eigenvalue weighted by molar-refractivity contribution is 5.99. The van der Waals surface area contributed by atoms with Crippen LogP contribution >= 0.6 is 0 Å². The topological polar surface area (TPSA) is 95.3 Å². The standard InChI is InChI=1S/C13H21N5O2/c1-4-18(7-9(19)17(2)3)13(20)12-10(14)11(15-16-12)8-5-6-8/h8H,4-7,14H2,1-3H3,(H,15,16). The lowest BCUT2D eigenvalue weighted by molar-refractivity contribution is -0.129. The van der Waals surface area contributed by atoms with E-state index in [-0.39, 0.29) is 24.1 Å². The van der Waals surface area contributed by atoms with Gasteiger partial charge in [-0.1, -0.05) is 0 Å². The number of nitrogen functional groups attached to an aromatic ring is 1. The Balaban J connectivity index is 2.13. The third kappa shape index (κ3) is 2.76. The van der Waals surface area contributed by atoms with E-state index in [1.807, 2.05) is 6.92 Å². The molecule has 1 fully saturated rings. The summed E-state index contributed by atoms with van der Waals surface area (Å²) in [6.07, 6.45) is 2.16. The molecule has 1 aromatic rings. The average Bonchev–Trinajstić information content (AvgIpc) is 3.18. The van der Waals surface area contributed by atoms with E-state index >= 15 is 0 Å². The summed E-state index contributed by atoms with van der Waals surface area (Å²) in [5.74, 6) is -0.0254. The highest BCUT2D eigenvalue weighted by Gasteiger charge is 2.31. The third-order valence-corrected chi connectivity index (χ3v) is 3.52. The number of hydrogen-bond acceptors (Lipinski definition) is 4. The Labute approximate surface area is 118 Å². The maximum absolute atomic E-state index is 12.4. The minimum absolute atomic E-state index is 0.0351. The van der Waals surface area contributed by atoms with Gasteiger partial charge in [-0.2, -0.15) is 5.10 Å². The van der Waals surface area contributed by atoms with Crippen molar-refractivity contribution in [2.24, 2.45) is 0 Å². The molecular weight excluding hydrogens is 258 g/mol. The molecule has 1 aromatic heterocycles. The minimum atomic E-state index is -0.302. The first-order valence-electron chi connectivity index (χ1n) is 6.78. The first kappa shape index (κ1) is 14.4. The lowest BCUT2D eigenvalue weighted by Gasteiger charge is -2.21. The monoisotopic (exact) mass is 279 g/mol. The Morgan fingerprint density at radius 3 is 2.55 bits per heavy atom. The number of anilines is 1. The number of aromatic amines is 1. The molecule has 0 aliphatic heterocycles. The van der Waals surface area contributed by atoms with Gasteiger partial charge in [-0.05, 0) is 19.8 Å². The normalized spacial score (nSPS) is 14.2. The Bertz CT molecular complexity index is 519. The van der Waals surface area contributed by atoms with Gasteiger partial charge in [-0.15, -0.1) is 0 Å². The van der Waals surface area contributed by atoms with Crippen molar-refractivity contribution >= 4 is 17.5 Å². The molecule has 1 aliphatic carbocycles. The molecule has 110 valence electrons. The number of carbonyl (C=O) groups excluding carboxylic acids is 2. The molecule has 0 unspecified atom stereocenters. The number of rotatable bonds is 5. The summed E-state index contributed by atoms with van der Waals surface area (Å²) in [5, 5.41) is 6.89. The van der Waals surface area contributed by atoms with Crippen LogP contribution in [0, 0.1) is 0 Å². The van der Waals surface area contributed by atoms with Crippen LogP contribution in [0.4, 0.5) is 5.69 Å². The van der Waals surface area contributed by atoms with Crippen molar-refractivity contribution in [3.05, 3.63) is 11.4 Å². The van der Waals surface area contributed by atoms with Crippen molar-refractivity contribution in [2.45, 2.75) is 25.7 Å². The molecule has 0 radical (unpaired) electrons. The minimum Gasteiger partial charge on any atom is -0.395 e. The number of aromatic nitrogens is 2. The third-order valence-electron chi connectivity index (χ3n) is 3.52. The summed E-state index contributed by atoms with van der Waals surface area (Å²) in [6, 6.07) is 0. The summed E-state index contributed by atoms with van der Waals surface area (Å²) in [5.41, 5.74) is 7.49. The molecule has 0 spiro atoms. The first-order valence-corrected chi connectivity index (χ1v) is 6.78. The molecular formula is C13H21N5O2. The van der Waals surface area contributed by atoms with Gasteiger partial charge in [-0.25, -0.2) is 0 Å². The number of nitrogens with two attached hydrogens (primary N) is 1. The number of nitrogens with one attached hydrogen (secondary N) is 1. The molecule has 2 amide bonds. The fourth-order valence-electron chi connectivity index (χ4n) is 1.99. The van der Waals surface area contributed by atoms with E-state index in [0.717, 1.165) is 18.5 Å². The highest BCUT2D eigenvalue weighted by Crippen LogP contribution is 2.42. The van der Waals surface area contributed by atoms with E-state index in [4.69, 9.17) is 5.73 Å². The second-order valence-corrected chi connectivity index (χ2v) is 5.28. The van der Waals surface area contributed by atoms with Crippen molar-refractivity contribution in [3.8, 4) is 0 Å². The molecule has 20 heavy (non-hydrogen) atoms. The van der Waals surface area contributed by atoms with Crippen molar-refractivity contribution in [3.63, 3.8) is 0 Å². The Hall–Kier alpha value is -2.05. The number of likely N-dealkylation sites (N-methyl/N-ethyl adjacent to an activating group) is 2. The predicted octanol–water partition coefficient (Wildman–Crippen LogP) is 0.420. The zero-order valence-electron chi connectivity index (χ0n) is 12.1. The molecule has 1 heterocycles. The van der Waals surface area contributed by atoms with Crippen LogP contribution in [0.3, 0.4) is 0 Å². The zero-order valence-corrected chi connectivity index (χ0v) is 12.1. The first-order chi connectivity index (χ1) is 9.45. The Morgan fingerprint density at radius 2 is 2.05 bits per heavy atom. The molecule has 0 atom stereocenters. The molecule has 7 heteroatoms. The largest absolute Gasteiger partial charge is 0.395 e. The molecule has 1 saturated carbocycles. The van der Waals surface area contributed by atoms with Gasteiger partial charge in [0.05, 0.1) is 11.4 Å². The van der Waals surface area contributed by atoms with E-state index in [1.165, 1.54) is 9.80 Å². The van der Waals surface area contributed by atoms with Crippen molar-refractivity contribution in [1.82, 2.24) is 20.0 Å². The summed E-state index contributed by atoms with van der Waals surface area (Å²) in [4.78, 5) is 27.0. The van der Waals surface area contributed by atoms with Crippen LogP contribution in [0.5, 0.6) is 0 Å². The number of hydrogen-bond donors (Lipinski definition) is 2. The van der Waals surface area contributed by atoms with Crippen LogP contribution < -0.4 is 5.73 Å². The van der Waals surface area contributed by atoms with Gasteiger partial charge in [0.1, 0.15) is 6.54 Å². The number of amides is 2. The van der Waals surface area contributed by atoms with Crippen LogP contribution in [0.15, 0.2) is 0 Å². The second kappa shape index (κ2) is 5.52. The van der Waals surface area contributed by atoms with E-state index < -0.39 is 0 Å². The molecule has 0 aromatic carbocycles. The van der Waals surface area contributed by atoms with E-state index in [9.17, 15) is 9.59 Å².